The number of hydrogen-bond acceptors (Lipinski definition) is 2. The van der Waals surface area contributed by atoms with E-state index in [0.29, 0.717) is 6.04 Å². The third kappa shape index (κ3) is 2.79. The number of nitrogens with one attached hydrogen (secondary N) is 1. The summed E-state index contributed by atoms with van der Waals surface area (Å²) < 4.78 is 2.36. The number of nitrogens with zero attached hydrogens (tertiary/aromatic N) is 1. The number of aromatic nitrogens is 1. The van der Waals surface area contributed by atoms with E-state index in [2.05, 4.69) is 71.0 Å². The van der Waals surface area contributed by atoms with E-state index in [1.165, 1.54) is 22.0 Å². The summed E-state index contributed by atoms with van der Waals surface area (Å²) in [5.41, 5.74) is 4.10. The maximum absolute atomic E-state index is 3.52. The van der Waals surface area contributed by atoms with Gasteiger partial charge in [-0.25, -0.2) is 0 Å². The molecule has 2 heterocycles. The van der Waals surface area contributed by atoms with E-state index >= 15 is 0 Å². The van der Waals surface area contributed by atoms with Crippen LogP contribution in [0.15, 0.2) is 47.3 Å². The van der Waals surface area contributed by atoms with E-state index in [-0.39, 0.29) is 0 Å². The second-order valence-electron chi connectivity index (χ2n) is 5.47. The highest BCUT2D eigenvalue weighted by molar-refractivity contribution is 7.07. The van der Waals surface area contributed by atoms with Crippen LogP contribution in [-0.2, 0) is 13.1 Å². The molecule has 0 saturated heterocycles. The summed E-state index contributed by atoms with van der Waals surface area (Å²) in [6, 6.07) is 11.5. The maximum Gasteiger partial charge on any atom is 0.0529 e. The highest BCUT2D eigenvalue weighted by Gasteiger charge is 2.07. The second kappa shape index (κ2) is 5.81. The van der Waals surface area contributed by atoms with Crippen molar-refractivity contribution in [2.75, 3.05) is 0 Å². The van der Waals surface area contributed by atoms with Crippen molar-refractivity contribution < 1.29 is 0 Å². The lowest BCUT2D eigenvalue weighted by Gasteiger charge is -2.12. The van der Waals surface area contributed by atoms with E-state index < -0.39 is 0 Å². The monoisotopic (exact) mass is 284 g/mol. The molecule has 0 aliphatic carbocycles. The van der Waals surface area contributed by atoms with Crippen LogP contribution in [0.3, 0.4) is 0 Å². The standard InChI is InChI=1S/C17H20N2S/c1-13(2)18-10-16-5-3-4-15-6-8-19(17(15)16)11-14-7-9-20-12-14/h3-9,12-13,18H,10-11H2,1-2H3. The van der Waals surface area contributed by atoms with Gasteiger partial charge in [0.1, 0.15) is 0 Å². The van der Waals surface area contributed by atoms with Gasteiger partial charge >= 0.3 is 0 Å². The van der Waals surface area contributed by atoms with Crippen molar-refractivity contribution in [3.05, 3.63) is 58.4 Å². The lowest BCUT2D eigenvalue weighted by molar-refractivity contribution is 0.589. The number of rotatable bonds is 5. The molecule has 1 aromatic carbocycles. The Labute approximate surface area is 124 Å². The Kier molecular flexibility index (Phi) is 3.90. The minimum Gasteiger partial charge on any atom is -0.343 e. The van der Waals surface area contributed by atoms with Gasteiger partial charge in [-0.05, 0) is 39.4 Å². The molecular formula is C17H20N2S. The van der Waals surface area contributed by atoms with Gasteiger partial charge in [0.05, 0.1) is 5.52 Å². The first-order valence-corrected chi connectivity index (χ1v) is 7.99. The van der Waals surface area contributed by atoms with Crippen molar-refractivity contribution in [2.45, 2.75) is 33.0 Å². The summed E-state index contributed by atoms with van der Waals surface area (Å²) >= 11 is 1.76. The zero-order chi connectivity index (χ0) is 13.9. The molecule has 0 aliphatic heterocycles. The first-order chi connectivity index (χ1) is 9.74. The minimum absolute atomic E-state index is 0.505. The van der Waals surface area contributed by atoms with Gasteiger partial charge in [0.15, 0.2) is 0 Å². The molecule has 20 heavy (non-hydrogen) atoms. The van der Waals surface area contributed by atoms with Crippen LogP contribution in [0.4, 0.5) is 0 Å². The Morgan fingerprint density at radius 2 is 2.10 bits per heavy atom. The normalized spacial score (nSPS) is 11.6. The van der Waals surface area contributed by atoms with Gasteiger partial charge in [-0.3, -0.25) is 0 Å². The fraction of sp³-hybridized carbons (Fsp3) is 0.294. The fourth-order valence-corrected chi connectivity index (χ4v) is 3.17. The van der Waals surface area contributed by atoms with Crippen LogP contribution in [0.25, 0.3) is 10.9 Å². The lowest BCUT2D eigenvalue weighted by atomic mass is 10.1. The van der Waals surface area contributed by atoms with E-state index in [1.54, 1.807) is 11.3 Å². The molecule has 3 rings (SSSR count). The number of fused-ring (bicyclic) bond motifs is 1. The summed E-state index contributed by atoms with van der Waals surface area (Å²) in [4.78, 5) is 0. The van der Waals surface area contributed by atoms with Gasteiger partial charge in [0.25, 0.3) is 0 Å². The molecule has 2 aromatic heterocycles. The zero-order valence-corrected chi connectivity index (χ0v) is 12.8. The Morgan fingerprint density at radius 3 is 2.85 bits per heavy atom. The fourth-order valence-electron chi connectivity index (χ4n) is 2.51. The third-order valence-corrected chi connectivity index (χ3v) is 4.24. The molecule has 2 nitrogen and oxygen atoms in total. The Bertz CT molecular complexity index is 680. The predicted octanol–water partition coefficient (Wildman–Crippen LogP) is 4.25. The quantitative estimate of drug-likeness (QED) is 0.741. The van der Waals surface area contributed by atoms with Gasteiger partial charge in [-0.15, -0.1) is 0 Å². The van der Waals surface area contributed by atoms with Crippen molar-refractivity contribution >= 4 is 22.2 Å². The molecular weight excluding hydrogens is 264 g/mol. The SMILES string of the molecule is CC(C)NCc1cccc2ccn(Cc3ccsc3)c12. The summed E-state index contributed by atoms with van der Waals surface area (Å²) in [6.07, 6.45) is 2.20. The van der Waals surface area contributed by atoms with E-state index in [0.717, 1.165) is 13.1 Å². The largest absolute Gasteiger partial charge is 0.343 e. The average molecular weight is 284 g/mol. The van der Waals surface area contributed by atoms with Crippen molar-refractivity contribution in [3.63, 3.8) is 0 Å². The minimum atomic E-state index is 0.505. The van der Waals surface area contributed by atoms with E-state index in [1.807, 2.05) is 0 Å². The van der Waals surface area contributed by atoms with E-state index in [4.69, 9.17) is 0 Å². The zero-order valence-electron chi connectivity index (χ0n) is 12.0. The molecule has 3 aromatic rings. The number of para-hydroxylation sites is 1. The van der Waals surface area contributed by atoms with Crippen molar-refractivity contribution in [1.82, 2.24) is 9.88 Å². The molecule has 0 amide bonds. The first-order valence-electron chi connectivity index (χ1n) is 7.05. The first kappa shape index (κ1) is 13.4. The van der Waals surface area contributed by atoms with Crippen LogP contribution in [0.1, 0.15) is 25.0 Å². The second-order valence-corrected chi connectivity index (χ2v) is 6.25. The van der Waals surface area contributed by atoms with Crippen LogP contribution in [-0.4, -0.2) is 10.6 Å². The molecule has 3 heteroatoms. The highest BCUT2D eigenvalue weighted by atomic mass is 32.1. The van der Waals surface area contributed by atoms with Crippen LogP contribution >= 0.6 is 11.3 Å². The summed E-state index contributed by atoms with van der Waals surface area (Å²) in [5, 5.41) is 9.21. The highest BCUT2D eigenvalue weighted by Crippen LogP contribution is 2.22. The number of hydrogen-bond donors (Lipinski definition) is 1. The summed E-state index contributed by atoms with van der Waals surface area (Å²) in [6.45, 7) is 6.24. The average Bonchev–Trinajstić information content (AvgIpc) is 3.07. The van der Waals surface area contributed by atoms with Gasteiger partial charge in [-0.1, -0.05) is 32.0 Å². The molecule has 0 saturated carbocycles. The molecule has 0 aliphatic rings. The van der Waals surface area contributed by atoms with Crippen molar-refractivity contribution in [3.8, 4) is 0 Å². The van der Waals surface area contributed by atoms with E-state index in [9.17, 15) is 0 Å². The number of benzene rings is 1. The molecule has 1 N–H and O–H groups in total. The molecule has 0 fully saturated rings. The van der Waals surface area contributed by atoms with Gasteiger partial charge in [-0.2, -0.15) is 11.3 Å². The van der Waals surface area contributed by atoms with Crippen LogP contribution < -0.4 is 5.32 Å². The van der Waals surface area contributed by atoms with Gasteiger partial charge in [0, 0.05) is 25.3 Å². The Balaban J connectivity index is 1.96. The summed E-state index contributed by atoms with van der Waals surface area (Å²) in [5.74, 6) is 0. The topological polar surface area (TPSA) is 17.0 Å². The predicted molar refractivity (Wildman–Crippen MR) is 87.3 cm³/mol. The Hall–Kier alpha value is -1.58. The molecule has 0 spiro atoms. The van der Waals surface area contributed by atoms with Gasteiger partial charge < -0.3 is 9.88 Å². The maximum atomic E-state index is 3.52. The number of thiophene rings is 1. The molecule has 0 atom stereocenters. The van der Waals surface area contributed by atoms with Crippen LogP contribution in [0, 0.1) is 0 Å². The molecule has 0 unspecified atom stereocenters. The smallest absolute Gasteiger partial charge is 0.0529 e. The molecule has 0 radical (unpaired) electrons. The lowest BCUT2D eigenvalue weighted by Crippen LogP contribution is -2.22. The Morgan fingerprint density at radius 1 is 1.20 bits per heavy atom. The molecule has 104 valence electrons. The molecule has 0 bridgehead atoms. The van der Waals surface area contributed by atoms with Gasteiger partial charge in [0.2, 0.25) is 0 Å². The summed E-state index contributed by atoms with van der Waals surface area (Å²) in [7, 11) is 0. The van der Waals surface area contributed by atoms with Crippen LogP contribution in [0.5, 0.6) is 0 Å². The van der Waals surface area contributed by atoms with Crippen LogP contribution in [0.2, 0.25) is 0 Å². The van der Waals surface area contributed by atoms with Crippen molar-refractivity contribution in [1.29, 1.82) is 0 Å². The third-order valence-electron chi connectivity index (χ3n) is 3.51. The van der Waals surface area contributed by atoms with Crippen molar-refractivity contribution in [2.24, 2.45) is 0 Å².